The highest BCUT2D eigenvalue weighted by molar-refractivity contribution is 5.78. The highest BCUT2D eigenvalue weighted by atomic mass is 19.4. The second-order valence-corrected chi connectivity index (χ2v) is 7.51. The smallest absolute Gasteiger partial charge is 0.369 e. The fraction of sp³-hybridized carbons (Fsp3) is 0.632. The van der Waals surface area contributed by atoms with Crippen LogP contribution in [-0.4, -0.2) is 66.8 Å². The molecule has 1 spiro atoms. The minimum absolute atomic E-state index is 0.000196. The van der Waals surface area contributed by atoms with Gasteiger partial charge in [-0.05, 0) is 25.5 Å². The van der Waals surface area contributed by atoms with Gasteiger partial charge in [0.15, 0.2) is 0 Å². The summed E-state index contributed by atoms with van der Waals surface area (Å²) >= 11 is 0. The van der Waals surface area contributed by atoms with E-state index in [9.17, 15) is 18.0 Å². The van der Waals surface area contributed by atoms with E-state index in [4.69, 9.17) is 9.47 Å². The van der Waals surface area contributed by atoms with Crippen molar-refractivity contribution in [1.29, 1.82) is 0 Å². The first-order valence-electron chi connectivity index (χ1n) is 9.09. The molecule has 1 atom stereocenters. The number of hydrogen-bond acceptors (Lipinski definition) is 4. The molecule has 0 aliphatic carbocycles. The maximum absolute atomic E-state index is 13.3. The van der Waals surface area contributed by atoms with Crippen molar-refractivity contribution in [3.63, 3.8) is 0 Å². The lowest BCUT2D eigenvalue weighted by atomic mass is 9.99. The van der Waals surface area contributed by atoms with Crippen molar-refractivity contribution in [3.05, 3.63) is 35.4 Å². The van der Waals surface area contributed by atoms with Crippen LogP contribution in [0.3, 0.4) is 0 Å². The van der Waals surface area contributed by atoms with Crippen molar-refractivity contribution < 1.29 is 27.4 Å². The van der Waals surface area contributed by atoms with Crippen LogP contribution in [0.2, 0.25) is 0 Å². The maximum atomic E-state index is 13.3. The SMILES string of the molecule is CC(C)N1CC2(COCC1=O)CN(Cc1ccccc1C(F)(F)F)CCO2. The molecule has 1 amide bonds. The predicted octanol–water partition coefficient (Wildman–Crippen LogP) is 2.54. The Kier molecular flexibility index (Phi) is 5.79. The topological polar surface area (TPSA) is 42.0 Å². The standard InChI is InChI=1S/C19H25F3N2O3/c1-14(2)24-12-18(13-26-10-17(24)25)11-23(7-8-27-18)9-15-5-3-4-6-16(15)19(20,21)22/h3-6,14H,7-13H2,1-2H3. The molecule has 8 heteroatoms. The predicted molar refractivity (Wildman–Crippen MR) is 93.1 cm³/mol. The molecule has 1 unspecified atom stereocenters. The van der Waals surface area contributed by atoms with Crippen LogP contribution in [0.1, 0.15) is 25.0 Å². The number of benzene rings is 1. The number of hydrogen-bond donors (Lipinski definition) is 0. The van der Waals surface area contributed by atoms with Crippen LogP contribution in [0.25, 0.3) is 0 Å². The lowest BCUT2D eigenvalue weighted by molar-refractivity contribution is -0.149. The molecule has 2 fully saturated rings. The number of nitrogens with zero attached hydrogens (tertiary/aromatic N) is 2. The number of carbonyl (C=O) groups excluding carboxylic acids is 1. The first kappa shape index (κ1) is 20.1. The second kappa shape index (κ2) is 7.77. The average molecular weight is 386 g/mol. The van der Waals surface area contributed by atoms with Crippen LogP contribution in [-0.2, 0) is 27.0 Å². The van der Waals surface area contributed by atoms with Crippen molar-refractivity contribution in [3.8, 4) is 0 Å². The first-order chi connectivity index (χ1) is 12.7. The Morgan fingerprint density at radius 2 is 1.96 bits per heavy atom. The Balaban J connectivity index is 1.78. The van der Waals surface area contributed by atoms with Gasteiger partial charge >= 0.3 is 6.18 Å². The van der Waals surface area contributed by atoms with Gasteiger partial charge in [0.25, 0.3) is 0 Å². The van der Waals surface area contributed by atoms with Crippen LogP contribution in [0.5, 0.6) is 0 Å². The number of amides is 1. The quantitative estimate of drug-likeness (QED) is 0.801. The third kappa shape index (κ3) is 4.62. The van der Waals surface area contributed by atoms with Crippen LogP contribution >= 0.6 is 0 Å². The Hall–Kier alpha value is -1.64. The van der Waals surface area contributed by atoms with Gasteiger partial charge in [0, 0.05) is 25.7 Å². The molecule has 0 N–H and O–H groups in total. The lowest BCUT2D eigenvalue weighted by Crippen LogP contribution is -2.59. The van der Waals surface area contributed by atoms with Crippen LogP contribution in [0.15, 0.2) is 24.3 Å². The zero-order valence-electron chi connectivity index (χ0n) is 15.6. The highest BCUT2D eigenvalue weighted by Gasteiger charge is 2.43. The summed E-state index contributed by atoms with van der Waals surface area (Å²) in [7, 11) is 0. The van der Waals surface area contributed by atoms with Gasteiger partial charge in [-0.3, -0.25) is 9.69 Å². The molecule has 27 heavy (non-hydrogen) atoms. The van der Waals surface area contributed by atoms with Crippen molar-refractivity contribution in [2.75, 3.05) is 39.5 Å². The lowest BCUT2D eigenvalue weighted by Gasteiger charge is -2.44. The number of alkyl halides is 3. The zero-order chi connectivity index (χ0) is 19.7. The number of morpholine rings is 1. The second-order valence-electron chi connectivity index (χ2n) is 7.51. The number of ether oxygens (including phenoxy) is 2. The zero-order valence-corrected chi connectivity index (χ0v) is 15.6. The molecule has 0 saturated carbocycles. The molecule has 2 aliphatic rings. The molecular weight excluding hydrogens is 361 g/mol. The van der Waals surface area contributed by atoms with E-state index < -0.39 is 17.3 Å². The molecule has 2 saturated heterocycles. The van der Waals surface area contributed by atoms with Crippen molar-refractivity contribution >= 4 is 5.91 Å². The van der Waals surface area contributed by atoms with Gasteiger partial charge in [-0.1, -0.05) is 18.2 Å². The summed E-state index contributed by atoms with van der Waals surface area (Å²) in [5, 5.41) is 0. The van der Waals surface area contributed by atoms with Gasteiger partial charge in [0.2, 0.25) is 5.91 Å². The monoisotopic (exact) mass is 386 g/mol. The van der Waals surface area contributed by atoms with E-state index in [1.54, 1.807) is 11.0 Å². The summed E-state index contributed by atoms with van der Waals surface area (Å²) in [6, 6.07) is 5.64. The molecular formula is C19H25F3N2O3. The van der Waals surface area contributed by atoms with E-state index in [2.05, 4.69) is 0 Å². The van der Waals surface area contributed by atoms with E-state index in [1.165, 1.54) is 12.1 Å². The molecule has 0 bridgehead atoms. The Bertz CT molecular complexity index is 680. The molecule has 150 valence electrons. The third-order valence-electron chi connectivity index (χ3n) is 5.04. The number of rotatable bonds is 3. The Morgan fingerprint density at radius 1 is 1.22 bits per heavy atom. The van der Waals surface area contributed by atoms with Crippen molar-refractivity contribution in [2.45, 2.75) is 38.2 Å². The Morgan fingerprint density at radius 3 is 2.67 bits per heavy atom. The normalized spacial score (nSPS) is 25.3. The Labute approximate surface area is 157 Å². The van der Waals surface area contributed by atoms with Gasteiger partial charge in [0.1, 0.15) is 12.2 Å². The largest absolute Gasteiger partial charge is 0.416 e. The van der Waals surface area contributed by atoms with E-state index in [-0.39, 0.29) is 37.3 Å². The molecule has 0 radical (unpaired) electrons. The van der Waals surface area contributed by atoms with Crippen LogP contribution < -0.4 is 0 Å². The minimum Gasteiger partial charge on any atom is -0.369 e. The van der Waals surface area contributed by atoms with Crippen molar-refractivity contribution in [2.24, 2.45) is 0 Å². The van der Waals surface area contributed by atoms with E-state index >= 15 is 0 Å². The van der Waals surface area contributed by atoms with Gasteiger partial charge in [-0.15, -0.1) is 0 Å². The van der Waals surface area contributed by atoms with Crippen LogP contribution in [0.4, 0.5) is 13.2 Å². The molecule has 1 aromatic carbocycles. The summed E-state index contributed by atoms with van der Waals surface area (Å²) < 4.78 is 51.4. The summed E-state index contributed by atoms with van der Waals surface area (Å²) in [6.45, 7) is 5.99. The molecule has 2 heterocycles. The number of carbonyl (C=O) groups is 1. The van der Waals surface area contributed by atoms with E-state index in [0.717, 1.165) is 6.07 Å². The van der Waals surface area contributed by atoms with Crippen molar-refractivity contribution in [1.82, 2.24) is 9.80 Å². The van der Waals surface area contributed by atoms with E-state index in [1.807, 2.05) is 18.7 Å². The molecule has 3 rings (SSSR count). The van der Waals surface area contributed by atoms with Gasteiger partial charge < -0.3 is 14.4 Å². The maximum Gasteiger partial charge on any atom is 0.416 e. The molecule has 2 aliphatic heterocycles. The fourth-order valence-corrected chi connectivity index (χ4v) is 3.74. The summed E-state index contributed by atoms with van der Waals surface area (Å²) in [5.41, 5.74) is -1.09. The molecule has 0 aromatic heterocycles. The van der Waals surface area contributed by atoms with Crippen LogP contribution in [0, 0.1) is 0 Å². The van der Waals surface area contributed by atoms with Gasteiger partial charge in [-0.2, -0.15) is 13.2 Å². The van der Waals surface area contributed by atoms with Gasteiger partial charge in [0.05, 0.1) is 25.3 Å². The summed E-state index contributed by atoms with van der Waals surface area (Å²) in [5.74, 6) is -0.0926. The molecule has 1 aromatic rings. The van der Waals surface area contributed by atoms with E-state index in [0.29, 0.717) is 26.2 Å². The summed E-state index contributed by atoms with van der Waals surface area (Å²) in [4.78, 5) is 15.9. The minimum atomic E-state index is -4.38. The average Bonchev–Trinajstić information content (AvgIpc) is 2.74. The van der Waals surface area contributed by atoms with Gasteiger partial charge in [-0.25, -0.2) is 0 Å². The number of halogens is 3. The fourth-order valence-electron chi connectivity index (χ4n) is 3.74. The molecule has 5 nitrogen and oxygen atoms in total. The highest BCUT2D eigenvalue weighted by Crippen LogP contribution is 2.33. The summed E-state index contributed by atoms with van der Waals surface area (Å²) in [6.07, 6.45) is -4.38. The third-order valence-corrected chi connectivity index (χ3v) is 5.04. The first-order valence-corrected chi connectivity index (χ1v) is 9.09.